The summed E-state index contributed by atoms with van der Waals surface area (Å²) in [5, 5.41) is 3.57. The van der Waals surface area contributed by atoms with Gasteiger partial charge in [-0.25, -0.2) is 0 Å². The van der Waals surface area contributed by atoms with E-state index in [4.69, 9.17) is 0 Å². The number of rotatable bonds is 5. The van der Waals surface area contributed by atoms with Gasteiger partial charge in [0.15, 0.2) is 0 Å². The first kappa shape index (κ1) is 13.9. The molecule has 1 aromatic rings. The molecule has 0 aliphatic rings. The largest absolute Gasteiger partial charge is 0.306 e. The van der Waals surface area contributed by atoms with E-state index < -0.39 is 0 Å². The van der Waals surface area contributed by atoms with Crippen molar-refractivity contribution in [2.24, 2.45) is 0 Å². The smallest absolute Gasteiger partial charge is 0.0731 e. The van der Waals surface area contributed by atoms with Crippen molar-refractivity contribution in [3.63, 3.8) is 0 Å². The highest BCUT2D eigenvalue weighted by atomic mass is 79.9. The van der Waals surface area contributed by atoms with E-state index in [0.29, 0.717) is 6.04 Å². The van der Waals surface area contributed by atoms with Gasteiger partial charge < -0.3 is 5.32 Å². The number of nitrogens with one attached hydrogen (secondary N) is 1. The van der Waals surface area contributed by atoms with Crippen molar-refractivity contribution < 1.29 is 0 Å². The van der Waals surface area contributed by atoms with E-state index in [1.165, 1.54) is 26.2 Å². The summed E-state index contributed by atoms with van der Waals surface area (Å²) in [6, 6.07) is 2.63. The minimum absolute atomic E-state index is 0.361. The van der Waals surface area contributed by atoms with E-state index in [0.717, 1.165) is 6.54 Å². The van der Waals surface area contributed by atoms with Crippen molar-refractivity contribution in [3.05, 3.63) is 31.9 Å². The van der Waals surface area contributed by atoms with E-state index >= 15 is 0 Å². The van der Waals surface area contributed by atoms with Gasteiger partial charge in [0.1, 0.15) is 0 Å². The van der Waals surface area contributed by atoms with Gasteiger partial charge >= 0.3 is 0 Å². The minimum atomic E-state index is 0.361. The molecule has 0 saturated carbocycles. The van der Waals surface area contributed by atoms with E-state index in [1.54, 1.807) is 0 Å². The van der Waals surface area contributed by atoms with Crippen LogP contribution in [0.2, 0.25) is 0 Å². The summed E-state index contributed by atoms with van der Waals surface area (Å²) in [5.41, 5.74) is 2.68. The van der Waals surface area contributed by atoms with Crippen molar-refractivity contribution in [1.29, 1.82) is 0 Å². The molecule has 0 amide bonds. The summed E-state index contributed by atoms with van der Waals surface area (Å²) in [6.45, 7) is 9.70. The van der Waals surface area contributed by atoms with Gasteiger partial charge in [-0.05, 0) is 61.3 Å². The average Bonchev–Trinajstić information content (AvgIpc) is 2.53. The number of thiophene rings is 1. The molecule has 1 rings (SSSR count). The molecule has 16 heavy (non-hydrogen) atoms. The Bertz CT molecular complexity index is 345. The molecule has 0 bridgehead atoms. The summed E-state index contributed by atoms with van der Waals surface area (Å²) in [7, 11) is 0. The van der Waals surface area contributed by atoms with Gasteiger partial charge in [0.25, 0.3) is 0 Å². The molecule has 1 N–H and O–H groups in total. The monoisotopic (exact) mass is 301 g/mol. The first-order chi connectivity index (χ1) is 7.54. The third-order valence-electron chi connectivity index (χ3n) is 2.30. The lowest BCUT2D eigenvalue weighted by atomic mass is 10.1. The van der Waals surface area contributed by atoms with Crippen LogP contribution in [0, 0.1) is 6.92 Å². The zero-order valence-corrected chi connectivity index (χ0v) is 12.8. The molecule has 0 radical (unpaired) electrons. The fraction of sp³-hybridized carbons (Fsp3) is 0.538. The summed E-state index contributed by atoms with van der Waals surface area (Å²) in [5.74, 6) is 0. The third kappa shape index (κ3) is 4.04. The summed E-state index contributed by atoms with van der Waals surface area (Å²) >= 11 is 5.41. The van der Waals surface area contributed by atoms with Crippen LogP contribution in [-0.4, -0.2) is 6.54 Å². The van der Waals surface area contributed by atoms with Crippen LogP contribution in [0.3, 0.4) is 0 Å². The van der Waals surface area contributed by atoms with E-state index in [2.05, 4.69) is 61.1 Å². The lowest BCUT2D eigenvalue weighted by molar-refractivity contribution is 0.617. The van der Waals surface area contributed by atoms with Crippen LogP contribution in [0.4, 0.5) is 0 Å². The highest BCUT2D eigenvalue weighted by molar-refractivity contribution is 9.11. The van der Waals surface area contributed by atoms with Crippen molar-refractivity contribution in [1.82, 2.24) is 5.32 Å². The van der Waals surface area contributed by atoms with Gasteiger partial charge in [-0.2, -0.15) is 0 Å². The van der Waals surface area contributed by atoms with Crippen LogP contribution < -0.4 is 5.32 Å². The number of aryl methyl sites for hydroxylation is 1. The predicted octanol–water partition coefficient (Wildman–Crippen LogP) is 4.83. The lowest BCUT2D eigenvalue weighted by Crippen LogP contribution is -2.19. The molecule has 90 valence electrons. The molecule has 3 heteroatoms. The second kappa shape index (κ2) is 6.58. The number of allylic oxidation sites excluding steroid dienone is 1. The number of hydrogen-bond acceptors (Lipinski definition) is 2. The molecule has 0 aliphatic carbocycles. The first-order valence-electron chi connectivity index (χ1n) is 5.68. The van der Waals surface area contributed by atoms with Crippen LogP contribution in [0.5, 0.6) is 0 Å². The molecule has 1 unspecified atom stereocenters. The Morgan fingerprint density at radius 3 is 2.69 bits per heavy atom. The zero-order valence-electron chi connectivity index (χ0n) is 10.4. The molecule has 1 heterocycles. The first-order valence-corrected chi connectivity index (χ1v) is 7.29. The molecule has 0 aromatic carbocycles. The van der Waals surface area contributed by atoms with Gasteiger partial charge in [-0.15, -0.1) is 11.3 Å². The lowest BCUT2D eigenvalue weighted by Gasteiger charge is -2.13. The summed E-state index contributed by atoms with van der Waals surface area (Å²) < 4.78 is 1.24. The van der Waals surface area contributed by atoms with Crippen LogP contribution >= 0.6 is 27.3 Å². The second-order valence-electron chi connectivity index (χ2n) is 4.28. The maximum Gasteiger partial charge on any atom is 0.0731 e. The third-order valence-corrected chi connectivity index (χ3v) is 4.52. The van der Waals surface area contributed by atoms with Crippen molar-refractivity contribution in [2.75, 3.05) is 6.54 Å². The molecule has 0 fully saturated rings. The zero-order chi connectivity index (χ0) is 12.1. The molecule has 0 saturated heterocycles. The maximum atomic E-state index is 3.59. The Balaban J connectivity index is 2.87. The van der Waals surface area contributed by atoms with E-state index in [9.17, 15) is 0 Å². The maximum absolute atomic E-state index is 3.59. The Morgan fingerprint density at radius 1 is 1.56 bits per heavy atom. The van der Waals surface area contributed by atoms with E-state index in [1.807, 2.05) is 11.3 Å². The predicted molar refractivity (Wildman–Crippen MR) is 77.2 cm³/mol. The Morgan fingerprint density at radius 2 is 2.25 bits per heavy atom. The highest BCUT2D eigenvalue weighted by Gasteiger charge is 2.12. The summed E-state index contributed by atoms with van der Waals surface area (Å²) in [6.07, 6.45) is 3.46. The molecule has 1 atom stereocenters. The average molecular weight is 302 g/mol. The second-order valence-corrected chi connectivity index (χ2v) is 6.68. The standard InChI is InChI=1S/C13H20BrNS/c1-5-6-15-11(7-9(2)3)12-8-10(4)13(14)16-12/h7-8,11,15H,5-6H2,1-4H3. The molecule has 0 spiro atoms. The van der Waals surface area contributed by atoms with Gasteiger partial charge in [0.2, 0.25) is 0 Å². The molecular weight excluding hydrogens is 282 g/mol. The van der Waals surface area contributed by atoms with Crippen LogP contribution in [0.15, 0.2) is 21.5 Å². The highest BCUT2D eigenvalue weighted by Crippen LogP contribution is 2.32. The van der Waals surface area contributed by atoms with Crippen molar-refractivity contribution >= 4 is 27.3 Å². The molecule has 1 aromatic heterocycles. The van der Waals surface area contributed by atoms with E-state index in [-0.39, 0.29) is 0 Å². The van der Waals surface area contributed by atoms with Crippen LogP contribution in [0.25, 0.3) is 0 Å². The van der Waals surface area contributed by atoms with Crippen LogP contribution in [0.1, 0.15) is 43.7 Å². The fourth-order valence-electron chi connectivity index (χ4n) is 1.51. The summed E-state index contributed by atoms with van der Waals surface area (Å²) in [4.78, 5) is 1.39. The van der Waals surface area contributed by atoms with Crippen molar-refractivity contribution in [2.45, 2.75) is 40.2 Å². The van der Waals surface area contributed by atoms with Crippen LogP contribution in [-0.2, 0) is 0 Å². The Labute approximate surface area is 111 Å². The normalized spacial score (nSPS) is 12.6. The molecular formula is C13H20BrNS. The molecule has 0 aliphatic heterocycles. The quantitative estimate of drug-likeness (QED) is 0.768. The molecule has 1 nitrogen and oxygen atoms in total. The minimum Gasteiger partial charge on any atom is -0.306 e. The SMILES string of the molecule is CCCNC(C=C(C)C)c1cc(C)c(Br)s1. The Hall–Kier alpha value is -0.120. The number of halogens is 1. The topological polar surface area (TPSA) is 12.0 Å². The van der Waals surface area contributed by atoms with Gasteiger partial charge in [-0.3, -0.25) is 0 Å². The van der Waals surface area contributed by atoms with Gasteiger partial charge in [-0.1, -0.05) is 18.6 Å². The van der Waals surface area contributed by atoms with Gasteiger partial charge in [0, 0.05) is 4.88 Å². The fourth-order valence-corrected chi connectivity index (χ4v) is 3.13. The van der Waals surface area contributed by atoms with Crippen molar-refractivity contribution in [3.8, 4) is 0 Å². The number of hydrogen-bond donors (Lipinski definition) is 1. The Kier molecular flexibility index (Phi) is 5.73. The van der Waals surface area contributed by atoms with Gasteiger partial charge in [0.05, 0.1) is 9.83 Å².